The molecule has 2 aromatic carbocycles. The molecule has 0 aliphatic carbocycles. The number of amides is 1. The van der Waals surface area contributed by atoms with E-state index in [0.29, 0.717) is 11.3 Å². The van der Waals surface area contributed by atoms with Crippen LogP contribution >= 0.6 is 0 Å². The van der Waals surface area contributed by atoms with Crippen molar-refractivity contribution < 1.29 is 22.8 Å². The fourth-order valence-corrected chi connectivity index (χ4v) is 2.54. The van der Waals surface area contributed by atoms with Crippen LogP contribution in [0.2, 0.25) is 0 Å². The zero-order valence-electron chi connectivity index (χ0n) is 14.6. The lowest BCUT2D eigenvalue weighted by atomic mass is 10.1. The first-order valence-corrected chi connectivity index (χ1v) is 8.43. The topological polar surface area (TPSA) is 64.4 Å². The van der Waals surface area contributed by atoms with Crippen molar-refractivity contribution in [1.82, 2.24) is 5.16 Å². The predicted molar refractivity (Wildman–Crippen MR) is 96.7 cm³/mol. The highest BCUT2D eigenvalue weighted by molar-refractivity contribution is 5.91. The molecule has 140 valence electrons. The number of hydrogen-bond donors (Lipinski definition) is 1. The Hall–Kier alpha value is -3.22. The Bertz CT molecular complexity index is 890. The molecule has 27 heavy (non-hydrogen) atoms. The lowest BCUT2D eigenvalue weighted by molar-refractivity contribution is -0.115. The van der Waals surface area contributed by atoms with E-state index < -0.39 is 6.61 Å². The van der Waals surface area contributed by atoms with Gasteiger partial charge in [-0.25, -0.2) is 0 Å². The molecule has 3 rings (SSSR count). The number of aryl methyl sites for hydroxylation is 1. The molecule has 0 saturated heterocycles. The maximum atomic E-state index is 12.1. The Balaban J connectivity index is 1.58. The monoisotopic (exact) mass is 372 g/mol. The largest absolute Gasteiger partial charge is 0.435 e. The van der Waals surface area contributed by atoms with Gasteiger partial charge in [0.05, 0.1) is 6.42 Å². The van der Waals surface area contributed by atoms with Crippen molar-refractivity contribution in [3.8, 4) is 17.0 Å². The molecule has 5 nitrogen and oxygen atoms in total. The van der Waals surface area contributed by atoms with Gasteiger partial charge >= 0.3 is 6.61 Å². The van der Waals surface area contributed by atoms with Crippen molar-refractivity contribution >= 4 is 11.8 Å². The number of ether oxygens (including phenoxy) is 1. The van der Waals surface area contributed by atoms with Crippen LogP contribution in [-0.4, -0.2) is 17.7 Å². The molecule has 1 heterocycles. The molecule has 0 aliphatic rings. The summed E-state index contributed by atoms with van der Waals surface area (Å²) in [6.45, 7) is -0.795. The Morgan fingerprint density at radius 2 is 1.78 bits per heavy atom. The number of hydrogen-bond acceptors (Lipinski definition) is 4. The number of benzene rings is 2. The van der Waals surface area contributed by atoms with E-state index in [4.69, 9.17) is 4.52 Å². The fraction of sp³-hybridized carbons (Fsp3) is 0.200. The van der Waals surface area contributed by atoms with Crippen molar-refractivity contribution in [1.29, 1.82) is 0 Å². The highest BCUT2D eigenvalue weighted by atomic mass is 19.3. The molecule has 0 unspecified atom stereocenters. The van der Waals surface area contributed by atoms with Gasteiger partial charge in [-0.15, -0.1) is 0 Å². The second-order valence-corrected chi connectivity index (χ2v) is 5.87. The number of halogens is 2. The van der Waals surface area contributed by atoms with E-state index in [2.05, 4.69) is 22.1 Å². The molecule has 0 fully saturated rings. The number of rotatable bonds is 7. The normalized spacial score (nSPS) is 10.8. The highest BCUT2D eigenvalue weighted by Gasteiger charge is 2.11. The second-order valence-electron chi connectivity index (χ2n) is 5.87. The SMILES string of the molecule is CCc1ccc(-c2cc(NC(=O)Cc3ccc(OC(F)F)cc3)on2)cc1. The van der Waals surface area contributed by atoms with Gasteiger partial charge in [0.1, 0.15) is 11.4 Å². The third-order valence-electron chi connectivity index (χ3n) is 3.94. The van der Waals surface area contributed by atoms with Gasteiger partial charge < -0.3 is 9.26 Å². The van der Waals surface area contributed by atoms with Crippen LogP contribution in [0.4, 0.5) is 14.7 Å². The van der Waals surface area contributed by atoms with E-state index in [1.54, 1.807) is 18.2 Å². The molecule has 0 spiro atoms. The Kier molecular flexibility index (Phi) is 5.80. The number of anilines is 1. The molecule has 7 heteroatoms. The van der Waals surface area contributed by atoms with Crippen LogP contribution < -0.4 is 10.1 Å². The van der Waals surface area contributed by atoms with E-state index in [9.17, 15) is 13.6 Å². The number of carbonyl (C=O) groups is 1. The van der Waals surface area contributed by atoms with Crippen LogP contribution in [-0.2, 0) is 17.6 Å². The van der Waals surface area contributed by atoms with Gasteiger partial charge in [0, 0.05) is 11.6 Å². The minimum atomic E-state index is -2.88. The summed E-state index contributed by atoms with van der Waals surface area (Å²) in [6.07, 6.45) is 1.02. The average Bonchev–Trinajstić information content (AvgIpc) is 3.11. The molecule has 1 amide bonds. The summed E-state index contributed by atoms with van der Waals surface area (Å²) >= 11 is 0. The summed E-state index contributed by atoms with van der Waals surface area (Å²) in [7, 11) is 0. The molecular formula is C20H18F2N2O3. The standard InChI is InChI=1S/C20H18F2N2O3/c1-2-13-3-7-15(8-4-13)17-12-19(27-24-17)23-18(25)11-14-5-9-16(10-6-14)26-20(21)22/h3-10,12,20H,2,11H2,1H3,(H,23,25). The summed E-state index contributed by atoms with van der Waals surface area (Å²) in [5, 5.41) is 6.59. The summed E-state index contributed by atoms with van der Waals surface area (Å²) in [6, 6.07) is 15.5. The maximum Gasteiger partial charge on any atom is 0.387 e. The van der Waals surface area contributed by atoms with Crippen molar-refractivity contribution in [2.45, 2.75) is 26.4 Å². The summed E-state index contributed by atoms with van der Waals surface area (Å²) in [4.78, 5) is 12.1. The van der Waals surface area contributed by atoms with Gasteiger partial charge in [-0.2, -0.15) is 8.78 Å². The lowest BCUT2D eigenvalue weighted by Crippen LogP contribution is -2.13. The Morgan fingerprint density at radius 3 is 2.41 bits per heavy atom. The smallest absolute Gasteiger partial charge is 0.387 e. The lowest BCUT2D eigenvalue weighted by Gasteiger charge is -2.05. The van der Waals surface area contributed by atoms with Gasteiger partial charge in [0.25, 0.3) is 0 Å². The second kappa shape index (κ2) is 8.44. The Labute approximate surface area is 154 Å². The molecule has 1 aromatic heterocycles. The first-order chi connectivity index (χ1) is 13.0. The van der Waals surface area contributed by atoms with Crippen LogP contribution in [0.3, 0.4) is 0 Å². The molecule has 1 N–H and O–H groups in total. The van der Waals surface area contributed by atoms with E-state index in [1.807, 2.05) is 24.3 Å². The molecule has 0 bridgehead atoms. The third kappa shape index (κ3) is 5.13. The first-order valence-electron chi connectivity index (χ1n) is 8.43. The number of aromatic nitrogens is 1. The summed E-state index contributed by atoms with van der Waals surface area (Å²) in [5.41, 5.74) is 3.40. The van der Waals surface area contributed by atoms with Crippen LogP contribution in [0, 0.1) is 0 Å². The summed E-state index contributed by atoms with van der Waals surface area (Å²) in [5.74, 6) is -0.0168. The van der Waals surface area contributed by atoms with Crippen LogP contribution in [0.25, 0.3) is 11.3 Å². The highest BCUT2D eigenvalue weighted by Crippen LogP contribution is 2.22. The molecule has 0 radical (unpaired) electrons. The van der Waals surface area contributed by atoms with Crippen molar-refractivity contribution in [2.75, 3.05) is 5.32 Å². The predicted octanol–water partition coefficient (Wildman–Crippen LogP) is 4.69. The summed E-state index contributed by atoms with van der Waals surface area (Å²) < 4.78 is 33.7. The minimum Gasteiger partial charge on any atom is -0.435 e. The van der Waals surface area contributed by atoms with Gasteiger partial charge in [0.15, 0.2) is 0 Å². The van der Waals surface area contributed by atoms with Gasteiger partial charge in [0.2, 0.25) is 11.8 Å². The number of nitrogens with zero attached hydrogens (tertiary/aromatic N) is 1. The molecule has 0 aliphatic heterocycles. The van der Waals surface area contributed by atoms with Crippen LogP contribution in [0.1, 0.15) is 18.1 Å². The Morgan fingerprint density at radius 1 is 1.11 bits per heavy atom. The molecular weight excluding hydrogens is 354 g/mol. The zero-order chi connectivity index (χ0) is 19.2. The van der Waals surface area contributed by atoms with Crippen molar-refractivity contribution in [2.24, 2.45) is 0 Å². The van der Waals surface area contributed by atoms with Gasteiger partial charge in [-0.05, 0) is 29.7 Å². The van der Waals surface area contributed by atoms with E-state index in [1.165, 1.54) is 17.7 Å². The van der Waals surface area contributed by atoms with E-state index >= 15 is 0 Å². The van der Waals surface area contributed by atoms with Crippen molar-refractivity contribution in [3.05, 3.63) is 65.7 Å². The molecule has 3 aromatic rings. The molecule has 0 saturated carbocycles. The number of nitrogens with one attached hydrogen (secondary N) is 1. The van der Waals surface area contributed by atoms with Gasteiger partial charge in [-0.3, -0.25) is 10.1 Å². The molecule has 0 atom stereocenters. The maximum absolute atomic E-state index is 12.1. The number of alkyl halides is 2. The first kappa shape index (κ1) is 18.6. The van der Waals surface area contributed by atoms with Crippen molar-refractivity contribution in [3.63, 3.8) is 0 Å². The average molecular weight is 372 g/mol. The van der Waals surface area contributed by atoms with Crippen LogP contribution in [0.15, 0.2) is 59.1 Å². The third-order valence-corrected chi connectivity index (χ3v) is 3.94. The van der Waals surface area contributed by atoms with Gasteiger partial charge in [-0.1, -0.05) is 48.5 Å². The zero-order valence-corrected chi connectivity index (χ0v) is 14.6. The van der Waals surface area contributed by atoms with Crippen LogP contribution in [0.5, 0.6) is 5.75 Å². The van der Waals surface area contributed by atoms with E-state index in [0.717, 1.165) is 12.0 Å². The fourth-order valence-electron chi connectivity index (χ4n) is 2.54. The minimum absolute atomic E-state index is 0.0446. The van der Waals surface area contributed by atoms with E-state index in [-0.39, 0.29) is 24.0 Å². The number of carbonyl (C=O) groups excluding carboxylic acids is 1. The quantitative estimate of drug-likeness (QED) is 0.654.